The first-order valence-corrected chi connectivity index (χ1v) is 7.59. The summed E-state index contributed by atoms with van der Waals surface area (Å²) in [6.07, 6.45) is -2.67. The van der Waals surface area contributed by atoms with Crippen molar-refractivity contribution < 1.29 is 22.6 Å². The molecule has 2 aliphatic rings. The van der Waals surface area contributed by atoms with Gasteiger partial charge in [0.2, 0.25) is 0 Å². The van der Waals surface area contributed by atoms with E-state index in [1.54, 1.807) is 12.1 Å². The monoisotopic (exact) mass is 315 g/mol. The molecule has 122 valence electrons. The second kappa shape index (κ2) is 5.83. The minimum atomic E-state index is -4.28. The van der Waals surface area contributed by atoms with E-state index in [4.69, 9.17) is 9.47 Å². The maximum absolute atomic E-state index is 12.6. The molecule has 22 heavy (non-hydrogen) atoms. The van der Waals surface area contributed by atoms with Crippen molar-refractivity contribution in [1.82, 2.24) is 4.90 Å². The van der Waals surface area contributed by atoms with Crippen molar-refractivity contribution >= 4 is 0 Å². The Bertz CT molecular complexity index is 499. The molecule has 0 amide bonds. The van der Waals surface area contributed by atoms with Gasteiger partial charge in [-0.05, 0) is 24.6 Å². The van der Waals surface area contributed by atoms with E-state index in [1.807, 2.05) is 6.92 Å². The Kier molecular flexibility index (Phi) is 4.18. The van der Waals surface area contributed by atoms with Crippen molar-refractivity contribution in [2.45, 2.75) is 37.8 Å². The number of ether oxygens (including phenoxy) is 2. The number of alkyl halides is 3. The van der Waals surface area contributed by atoms with Gasteiger partial charge in [0.1, 0.15) is 0 Å². The molecule has 3 rings (SSSR count). The maximum Gasteiger partial charge on any atom is 0.416 e. The number of rotatable bonds is 2. The number of halogens is 3. The van der Waals surface area contributed by atoms with Crippen molar-refractivity contribution in [2.24, 2.45) is 0 Å². The summed E-state index contributed by atoms with van der Waals surface area (Å²) < 4.78 is 49.2. The van der Waals surface area contributed by atoms with Crippen molar-refractivity contribution in [1.29, 1.82) is 0 Å². The molecule has 0 N–H and O–H groups in total. The lowest BCUT2D eigenvalue weighted by atomic mass is 9.98. The highest BCUT2D eigenvalue weighted by Gasteiger charge is 2.40. The fourth-order valence-electron chi connectivity index (χ4n) is 3.20. The zero-order valence-corrected chi connectivity index (χ0v) is 12.5. The maximum atomic E-state index is 12.6. The Morgan fingerprint density at radius 3 is 2.09 bits per heavy atom. The Morgan fingerprint density at radius 2 is 1.59 bits per heavy atom. The van der Waals surface area contributed by atoms with Crippen molar-refractivity contribution in [2.75, 3.05) is 26.3 Å². The van der Waals surface area contributed by atoms with Gasteiger partial charge in [-0.1, -0.05) is 12.1 Å². The lowest BCUT2D eigenvalue weighted by molar-refractivity contribution is -0.187. The molecule has 0 unspecified atom stereocenters. The van der Waals surface area contributed by atoms with Gasteiger partial charge in [0, 0.05) is 32.0 Å². The van der Waals surface area contributed by atoms with Crippen LogP contribution in [0.1, 0.15) is 36.9 Å². The van der Waals surface area contributed by atoms with E-state index in [-0.39, 0.29) is 6.04 Å². The van der Waals surface area contributed by atoms with Gasteiger partial charge < -0.3 is 9.47 Å². The largest absolute Gasteiger partial charge is 0.416 e. The summed E-state index contributed by atoms with van der Waals surface area (Å²) in [5.74, 6) is -0.420. The Hall–Kier alpha value is -1.11. The molecule has 3 nitrogen and oxygen atoms in total. The van der Waals surface area contributed by atoms with Crippen molar-refractivity contribution in [3.63, 3.8) is 0 Å². The summed E-state index contributed by atoms with van der Waals surface area (Å²) in [5.41, 5.74) is 0.297. The van der Waals surface area contributed by atoms with Gasteiger partial charge in [0.05, 0.1) is 18.8 Å². The number of hydrogen-bond acceptors (Lipinski definition) is 3. The Morgan fingerprint density at radius 1 is 1.05 bits per heavy atom. The molecule has 1 spiro atoms. The second-order valence-corrected chi connectivity index (χ2v) is 5.94. The fraction of sp³-hybridized carbons (Fsp3) is 0.625. The van der Waals surface area contributed by atoms with E-state index in [0.717, 1.165) is 43.6 Å². The van der Waals surface area contributed by atoms with Crippen LogP contribution in [0.15, 0.2) is 24.3 Å². The molecule has 2 aliphatic heterocycles. The normalized spacial score (nSPS) is 23.8. The van der Waals surface area contributed by atoms with Crippen LogP contribution in [-0.2, 0) is 15.7 Å². The van der Waals surface area contributed by atoms with Crippen LogP contribution in [0, 0.1) is 0 Å². The van der Waals surface area contributed by atoms with Crippen LogP contribution in [-0.4, -0.2) is 37.0 Å². The number of hydrogen-bond donors (Lipinski definition) is 0. The third kappa shape index (κ3) is 3.14. The van der Waals surface area contributed by atoms with Crippen LogP contribution < -0.4 is 0 Å². The minimum Gasteiger partial charge on any atom is -0.347 e. The molecule has 2 saturated heterocycles. The van der Waals surface area contributed by atoms with Gasteiger partial charge in [-0.3, -0.25) is 4.90 Å². The summed E-state index contributed by atoms with van der Waals surface area (Å²) in [6, 6.07) is 5.53. The highest BCUT2D eigenvalue weighted by atomic mass is 19.4. The molecule has 0 aliphatic carbocycles. The molecule has 0 saturated carbocycles. The predicted octanol–water partition coefficient (Wildman–Crippen LogP) is 3.61. The van der Waals surface area contributed by atoms with Crippen LogP contribution in [0.5, 0.6) is 0 Å². The minimum absolute atomic E-state index is 0.0843. The van der Waals surface area contributed by atoms with Crippen LogP contribution in [0.2, 0.25) is 0 Å². The summed E-state index contributed by atoms with van der Waals surface area (Å²) in [6.45, 7) is 4.96. The zero-order chi connectivity index (χ0) is 15.8. The van der Waals surface area contributed by atoms with Gasteiger partial charge in [0.25, 0.3) is 0 Å². The van der Waals surface area contributed by atoms with Gasteiger partial charge in [-0.25, -0.2) is 0 Å². The van der Waals surface area contributed by atoms with Crippen molar-refractivity contribution in [3.05, 3.63) is 35.4 Å². The SMILES string of the molecule is C[C@H](c1ccc(C(F)(F)F)cc1)N1CCC2(CC1)OCCO2. The summed E-state index contributed by atoms with van der Waals surface area (Å²) in [7, 11) is 0. The summed E-state index contributed by atoms with van der Waals surface area (Å²) in [4.78, 5) is 2.26. The molecular weight excluding hydrogens is 295 g/mol. The molecule has 1 atom stereocenters. The van der Waals surface area contributed by atoms with E-state index in [1.165, 1.54) is 0 Å². The zero-order valence-electron chi connectivity index (χ0n) is 12.5. The molecule has 0 bridgehead atoms. The molecular formula is C16H20F3NO2. The molecule has 1 aromatic rings. The Labute approximate surface area is 128 Å². The highest BCUT2D eigenvalue weighted by Crippen LogP contribution is 2.35. The van der Waals surface area contributed by atoms with E-state index >= 15 is 0 Å². The molecule has 0 radical (unpaired) electrons. The molecule has 1 aromatic carbocycles. The lowest BCUT2D eigenvalue weighted by Crippen LogP contribution is -2.45. The van der Waals surface area contributed by atoms with Crippen LogP contribution in [0.4, 0.5) is 13.2 Å². The van der Waals surface area contributed by atoms with Crippen LogP contribution in [0.25, 0.3) is 0 Å². The first-order valence-electron chi connectivity index (χ1n) is 7.59. The van der Waals surface area contributed by atoms with Crippen LogP contribution >= 0.6 is 0 Å². The van der Waals surface area contributed by atoms with Crippen molar-refractivity contribution in [3.8, 4) is 0 Å². The fourth-order valence-corrected chi connectivity index (χ4v) is 3.20. The lowest BCUT2D eigenvalue weighted by Gasteiger charge is -2.40. The van der Waals surface area contributed by atoms with Gasteiger partial charge in [0.15, 0.2) is 5.79 Å². The third-order valence-electron chi connectivity index (χ3n) is 4.64. The predicted molar refractivity (Wildman–Crippen MR) is 75.3 cm³/mol. The smallest absolute Gasteiger partial charge is 0.347 e. The summed E-state index contributed by atoms with van der Waals surface area (Å²) >= 11 is 0. The molecule has 2 heterocycles. The van der Waals surface area contributed by atoms with E-state index < -0.39 is 17.5 Å². The number of benzene rings is 1. The van der Waals surface area contributed by atoms with Crippen LogP contribution in [0.3, 0.4) is 0 Å². The Balaban J connectivity index is 1.63. The average molecular weight is 315 g/mol. The first-order chi connectivity index (χ1) is 10.4. The molecule has 0 aromatic heterocycles. The van der Waals surface area contributed by atoms with E-state index in [2.05, 4.69) is 4.90 Å². The number of piperidine rings is 1. The first kappa shape index (κ1) is 15.8. The quantitative estimate of drug-likeness (QED) is 0.832. The molecule has 2 fully saturated rings. The van der Waals surface area contributed by atoms with Gasteiger partial charge in [-0.15, -0.1) is 0 Å². The standard InChI is InChI=1S/C16H20F3NO2/c1-12(13-2-4-14(5-3-13)16(17,18)19)20-8-6-15(7-9-20)21-10-11-22-15/h2-5,12H,6-11H2,1H3/t12-/m1/s1. The third-order valence-corrected chi connectivity index (χ3v) is 4.64. The second-order valence-electron chi connectivity index (χ2n) is 5.94. The number of nitrogens with zero attached hydrogens (tertiary/aromatic N) is 1. The summed E-state index contributed by atoms with van der Waals surface area (Å²) in [5, 5.41) is 0. The molecule has 6 heteroatoms. The average Bonchev–Trinajstić information content (AvgIpc) is 2.95. The van der Waals surface area contributed by atoms with Gasteiger partial charge in [-0.2, -0.15) is 13.2 Å². The highest BCUT2D eigenvalue weighted by molar-refractivity contribution is 5.26. The number of likely N-dealkylation sites (tertiary alicyclic amines) is 1. The topological polar surface area (TPSA) is 21.7 Å². The van der Waals surface area contributed by atoms with Gasteiger partial charge >= 0.3 is 6.18 Å². The van der Waals surface area contributed by atoms with E-state index in [9.17, 15) is 13.2 Å². The van der Waals surface area contributed by atoms with E-state index in [0.29, 0.717) is 13.2 Å².